The molecule has 0 radical (unpaired) electrons. The number of aryl methyl sites for hydroxylation is 2. The van der Waals surface area contributed by atoms with Crippen LogP contribution in [0.3, 0.4) is 0 Å². The minimum absolute atomic E-state index is 0.255. The summed E-state index contributed by atoms with van der Waals surface area (Å²) >= 11 is 0. The second kappa shape index (κ2) is 7.70. The van der Waals surface area contributed by atoms with Gasteiger partial charge in [0.25, 0.3) is 0 Å². The second-order valence-electron chi connectivity index (χ2n) is 6.90. The van der Waals surface area contributed by atoms with Crippen molar-refractivity contribution < 1.29 is 23.1 Å². The van der Waals surface area contributed by atoms with Gasteiger partial charge in [0.1, 0.15) is 5.75 Å². The van der Waals surface area contributed by atoms with Gasteiger partial charge in [-0.05, 0) is 73.6 Å². The maximum absolute atomic E-state index is 12.9. The van der Waals surface area contributed by atoms with E-state index in [1.54, 1.807) is 24.3 Å². The lowest BCUT2D eigenvalue weighted by Gasteiger charge is -2.27. The third-order valence-corrected chi connectivity index (χ3v) is 6.07. The van der Waals surface area contributed by atoms with E-state index in [0.29, 0.717) is 12.2 Å². The summed E-state index contributed by atoms with van der Waals surface area (Å²) in [5.74, 6) is -0.541. The number of nitrogens with one attached hydrogen (secondary N) is 1. The first-order chi connectivity index (χ1) is 12.8. The lowest BCUT2D eigenvalue weighted by Crippen LogP contribution is -2.31. The zero-order valence-corrected chi connectivity index (χ0v) is 16.2. The first-order valence-electron chi connectivity index (χ1n) is 8.83. The highest BCUT2D eigenvalue weighted by Crippen LogP contribution is 2.36. The molecule has 1 unspecified atom stereocenters. The predicted molar refractivity (Wildman–Crippen MR) is 101 cm³/mol. The number of sulfonamides is 1. The van der Waals surface area contributed by atoms with Gasteiger partial charge >= 0.3 is 5.97 Å². The molecule has 3 rings (SSSR count). The zero-order valence-electron chi connectivity index (χ0n) is 15.4. The van der Waals surface area contributed by atoms with Gasteiger partial charge in [0.15, 0.2) is 6.61 Å². The van der Waals surface area contributed by atoms with E-state index in [1.807, 2.05) is 26.0 Å². The van der Waals surface area contributed by atoms with Crippen LogP contribution in [0.4, 0.5) is 0 Å². The average Bonchev–Trinajstić information content (AvgIpc) is 2.59. The van der Waals surface area contributed by atoms with Gasteiger partial charge in [-0.15, -0.1) is 0 Å². The van der Waals surface area contributed by atoms with Crippen molar-refractivity contribution in [2.45, 2.75) is 44.0 Å². The zero-order chi connectivity index (χ0) is 19.6. The fourth-order valence-electron chi connectivity index (χ4n) is 3.56. The second-order valence-corrected chi connectivity index (χ2v) is 8.61. The Kier molecular flexibility index (Phi) is 5.53. The van der Waals surface area contributed by atoms with E-state index < -0.39 is 22.6 Å². The molecule has 0 heterocycles. The van der Waals surface area contributed by atoms with Crippen LogP contribution in [0.25, 0.3) is 0 Å². The number of aliphatic carboxylic acids is 1. The minimum Gasteiger partial charge on any atom is -0.482 e. The SMILES string of the molecule is Cc1cc(C)cc(S(=O)(=O)NC2CCCc3c(OCC(=O)O)cccc32)c1. The Bertz CT molecular complexity index is 948. The summed E-state index contributed by atoms with van der Waals surface area (Å²) in [4.78, 5) is 11.0. The van der Waals surface area contributed by atoms with Crippen LogP contribution in [0.5, 0.6) is 5.75 Å². The van der Waals surface area contributed by atoms with E-state index in [-0.39, 0.29) is 10.9 Å². The summed E-state index contributed by atoms with van der Waals surface area (Å²) in [6.45, 7) is 3.32. The first kappa shape index (κ1) is 19.4. The van der Waals surface area contributed by atoms with Crippen LogP contribution in [-0.4, -0.2) is 26.1 Å². The molecule has 7 heteroatoms. The van der Waals surface area contributed by atoms with E-state index in [4.69, 9.17) is 9.84 Å². The normalized spacial score (nSPS) is 16.6. The molecule has 0 saturated carbocycles. The molecule has 144 valence electrons. The van der Waals surface area contributed by atoms with Crippen molar-refractivity contribution in [3.05, 3.63) is 58.7 Å². The molecule has 0 aliphatic heterocycles. The smallest absolute Gasteiger partial charge is 0.341 e. The third-order valence-electron chi connectivity index (χ3n) is 4.62. The fraction of sp³-hybridized carbons (Fsp3) is 0.350. The van der Waals surface area contributed by atoms with Crippen LogP contribution >= 0.6 is 0 Å². The summed E-state index contributed by atoms with van der Waals surface area (Å²) in [6, 6.07) is 10.2. The highest BCUT2D eigenvalue weighted by molar-refractivity contribution is 7.89. The molecule has 27 heavy (non-hydrogen) atoms. The van der Waals surface area contributed by atoms with E-state index in [9.17, 15) is 13.2 Å². The van der Waals surface area contributed by atoms with Crippen molar-refractivity contribution in [1.82, 2.24) is 4.72 Å². The Labute approximate surface area is 159 Å². The Morgan fingerprint density at radius 1 is 1.22 bits per heavy atom. The number of carboxylic acids is 1. The molecule has 0 amide bonds. The molecular formula is C20H23NO5S. The molecule has 0 aromatic heterocycles. The topological polar surface area (TPSA) is 92.7 Å². The molecule has 0 bridgehead atoms. The molecule has 1 atom stereocenters. The van der Waals surface area contributed by atoms with Gasteiger partial charge in [-0.25, -0.2) is 17.9 Å². The number of fused-ring (bicyclic) bond motifs is 1. The largest absolute Gasteiger partial charge is 0.482 e. The van der Waals surface area contributed by atoms with Crippen LogP contribution in [0.15, 0.2) is 41.3 Å². The summed E-state index contributed by atoms with van der Waals surface area (Å²) < 4.78 is 34.0. The number of benzene rings is 2. The summed E-state index contributed by atoms with van der Waals surface area (Å²) in [6.07, 6.45) is 2.20. The molecular weight excluding hydrogens is 366 g/mol. The Morgan fingerprint density at radius 3 is 2.59 bits per heavy atom. The number of rotatable bonds is 6. The summed E-state index contributed by atoms with van der Waals surface area (Å²) in [5, 5.41) is 8.84. The van der Waals surface area contributed by atoms with Crippen LogP contribution in [0.1, 0.15) is 41.1 Å². The van der Waals surface area contributed by atoms with Crippen molar-refractivity contribution in [3.8, 4) is 5.75 Å². The Morgan fingerprint density at radius 2 is 1.93 bits per heavy atom. The molecule has 2 aromatic carbocycles. The lowest BCUT2D eigenvalue weighted by molar-refractivity contribution is -0.139. The molecule has 1 aliphatic carbocycles. The van der Waals surface area contributed by atoms with Crippen molar-refractivity contribution in [2.24, 2.45) is 0 Å². The van der Waals surface area contributed by atoms with Crippen molar-refractivity contribution >= 4 is 16.0 Å². The van der Waals surface area contributed by atoms with Crippen molar-refractivity contribution in [2.75, 3.05) is 6.61 Å². The van der Waals surface area contributed by atoms with Gasteiger partial charge in [-0.1, -0.05) is 18.2 Å². The Balaban J connectivity index is 1.89. The minimum atomic E-state index is -3.67. The molecule has 0 fully saturated rings. The lowest BCUT2D eigenvalue weighted by atomic mass is 9.87. The first-order valence-corrected chi connectivity index (χ1v) is 10.3. The molecule has 2 aromatic rings. The highest BCUT2D eigenvalue weighted by atomic mass is 32.2. The van der Waals surface area contributed by atoms with Gasteiger partial charge in [-0.2, -0.15) is 0 Å². The summed E-state index contributed by atoms with van der Waals surface area (Å²) in [5.41, 5.74) is 3.50. The van der Waals surface area contributed by atoms with E-state index in [2.05, 4.69) is 4.72 Å². The van der Waals surface area contributed by atoms with E-state index in [1.165, 1.54) is 0 Å². The number of hydrogen-bond acceptors (Lipinski definition) is 4. The predicted octanol–water partition coefficient (Wildman–Crippen LogP) is 3.12. The van der Waals surface area contributed by atoms with Crippen LogP contribution in [0, 0.1) is 13.8 Å². The maximum Gasteiger partial charge on any atom is 0.341 e. The van der Waals surface area contributed by atoms with Crippen LogP contribution in [-0.2, 0) is 21.2 Å². The summed E-state index contributed by atoms with van der Waals surface area (Å²) in [7, 11) is -3.67. The quantitative estimate of drug-likeness (QED) is 0.792. The molecule has 1 aliphatic rings. The average molecular weight is 389 g/mol. The van der Waals surface area contributed by atoms with Crippen LogP contribution < -0.4 is 9.46 Å². The van der Waals surface area contributed by atoms with Gasteiger partial charge in [0.2, 0.25) is 10.0 Å². The monoisotopic (exact) mass is 389 g/mol. The Hall–Kier alpha value is -2.38. The number of carbonyl (C=O) groups is 1. The third kappa shape index (κ3) is 4.48. The molecule has 0 spiro atoms. The standard InChI is InChI=1S/C20H23NO5S/c1-13-9-14(2)11-15(10-13)27(24,25)21-18-7-3-6-17-16(18)5-4-8-19(17)26-12-20(22)23/h4-5,8-11,18,21H,3,6-7,12H2,1-2H3,(H,22,23). The number of carboxylic acid groups (broad SMARTS) is 1. The van der Waals surface area contributed by atoms with Crippen LogP contribution in [0.2, 0.25) is 0 Å². The van der Waals surface area contributed by atoms with Gasteiger partial charge in [-0.3, -0.25) is 0 Å². The maximum atomic E-state index is 12.9. The van der Waals surface area contributed by atoms with Gasteiger partial charge in [0.05, 0.1) is 4.90 Å². The molecule has 0 saturated heterocycles. The number of ether oxygens (including phenoxy) is 1. The highest BCUT2D eigenvalue weighted by Gasteiger charge is 2.27. The van der Waals surface area contributed by atoms with Crippen molar-refractivity contribution in [3.63, 3.8) is 0 Å². The fourth-order valence-corrected chi connectivity index (χ4v) is 4.99. The van der Waals surface area contributed by atoms with E-state index in [0.717, 1.165) is 35.1 Å². The molecule has 6 nitrogen and oxygen atoms in total. The number of hydrogen-bond donors (Lipinski definition) is 2. The van der Waals surface area contributed by atoms with Gasteiger partial charge in [0, 0.05) is 6.04 Å². The van der Waals surface area contributed by atoms with Gasteiger partial charge < -0.3 is 9.84 Å². The van der Waals surface area contributed by atoms with Crippen molar-refractivity contribution in [1.29, 1.82) is 0 Å². The van der Waals surface area contributed by atoms with E-state index >= 15 is 0 Å². The molecule has 2 N–H and O–H groups in total.